The largest absolute Gasteiger partial charge is 0.480 e. The summed E-state index contributed by atoms with van der Waals surface area (Å²) in [4.78, 5) is 8.85. The summed E-state index contributed by atoms with van der Waals surface area (Å²) in [5.74, 6) is 2.47. The molecule has 1 aliphatic rings. The van der Waals surface area contributed by atoms with Crippen LogP contribution in [0.1, 0.15) is 44.3 Å². The van der Waals surface area contributed by atoms with Gasteiger partial charge in [-0.2, -0.15) is 4.98 Å². The number of methoxy groups -OCH3 is 2. The maximum Gasteiger partial charge on any atom is 0.240 e. The van der Waals surface area contributed by atoms with Gasteiger partial charge in [-0.3, -0.25) is 0 Å². The van der Waals surface area contributed by atoms with Crippen LogP contribution in [0.15, 0.2) is 6.20 Å². The fourth-order valence-electron chi connectivity index (χ4n) is 3.04. The van der Waals surface area contributed by atoms with Crippen molar-refractivity contribution in [2.75, 3.05) is 21.3 Å². The Hall–Kier alpha value is -1.36. The van der Waals surface area contributed by atoms with Gasteiger partial charge < -0.3 is 14.8 Å². The van der Waals surface area contributed by atoms with E-state index < -0.39 is 0 Å². The predicted molar refractivity (Wildman–Crippen MR) is 78.1 cm³/mol. The molecule has 5 heteroatoms. The molecule has 2 rings (SSSR count). The molecule has 1 unspecified atom stereocenters. The number of rotatable bonds is 5. The zero-order valence-corrected chi connectivity index (χ0v) is 12.8. The van der Waals surface area contributed by atoms with Gasteiger partial charge in [-0.05, 0) is 31.7 Å². The molecule has 1 aliphatic carbocycles. The minimum Gasteiger partial charge on any atom is -0.480 e. The van der Waals surface area contributed by atoms with Crippen molar-refractivity contribution in [3.8, 4) is 11.8 Å². The van der Waals surface area contributed by atoms with Crippen molar-refractivity contribution in [1.82, 2.24) is 15.3 Å². The summed E-state index contributed by atoms with van der Waals surface area (Å²) in [6.45, 7) is 2.33. The second-order valence-corrected chi connectivity index (χ2v) is 5.59. The van der Waals surface area contributed by atoms with Gasteiger partial charge in [0.25, 0.3) is 0 Å². The molecule has 1 aromatic heterocycles. The van der Waals surface area contributed by atoms with E-state index in [2.05, 4.69) is 22.2 Å². The number of aromatic nitrogens is 2. The lowest BCUT2D eigenvalue weighted by molar-refractivity contribution is 0.229. The Morgan fingerprint density at radius 2 is 1.90 bits per heavy atom. The second-order valence-electron chi connectivity index (χ2n) is 5.59. The normalized spacial score (nSPS) is 24.2. The van der Waals surface area contributed by atoms with E-state index in [1.807, 2.05) is 7.05 Å². The zero-order valence-electron chi connectivity index (χ0n) is 12.8. The molecule has 1 N–H and O–H groups in total. The molecule has 0 amide bonds. The Morgan fingerprint density at radius 3 is 2.45 bits per heavy atom. The van der Waals surface area contributed by atoms with Gasteiger partial charge in [-0.15, -0.1) is 0 Å². The summed E-state index contributed by atoms with van der Waals surface area (Å²) in [5, 5.41) is 3.39. The quantitative estimate of drug-likeness (QED) is 0.897. The van der Waals surface area contributed by atoms with Crippen LogP contribution in [0.25, 0.3) is 0 Å². The summed E-state index contributed by atoms with van der Waals surface area (Å²) in [7, 11) is 5.19. The Morgan fingerprint density at radius 1 is 1.20 bits per heavy atom. The molecule has 1 atom stereocenters. The van der Waals surface area contributed by atoms with E-state index >= 15 is 0 Å². The fraction of sp³-hybridized carbons (Fsp3) is 0.733. The van der Waals surface area contributed by atoms with Crippen LogP contribution in [-0.2, 0) is 0 Å². The van der Waals surface area contributed by atoms with Crippen molar-refractivity contribution < 1.29 is 9.47 Å². The third-order valence-electron chi connectivity index (χ3n) is 4.28. The van der Waals surface area contributed by atoms with Crippen LogP contribution in [-0.4, -0.2) is 31.2 Å². The monoisotopic (exact) mass is 279 g/mol. The highest BCUT2D eigenvalue weighted by Gasteiger charge is 2.29. The summed E-state index contributed by atoms with van der Waals surface area (Å²) in [5.41, 5.74) is 0.885. The molecule has 0 radical (unpaired) electrons. The van der Waals surface area contributed by atoms with Crippen molar-refractivity contribution >= 4 is 0 Å². The van der Waals surface area contributed by atoms with Crippen molar-refractivity contribution in [2.45, 2.75) is 38.6 Å². The summed E-state index contributed by atoms with van der Waals surface area (Å²) >= 11 is 0. The van der Waals surface area contributed by atoms with Gasteiger partial charge in [0.1, 0.15) is 5.69 Å². The first-order chi connectivity index (χ1) is 9.69. The molecule has 1 saturated carbocycles. The smallest absolute Gasteiger partial charge is 0.240 e. The molecule has 112 valence electrons. The van der Waals surface area contributed by atoms with Gasteiger partial charge in [0.15, 0.2) is 0 Å². The molecule has 0 aromatic carbocycles. The van der Waals surface area contributed by atoms with Gasteiger partial charge in [-0.25, -0.2) is 4.98 Å². The Kier molecular flexibility index (Phi) is 5.17. The van der Waals surface area contributed by atoms with Crippen LogP contribution in [0.5, 0.6) is 11.8 Å². The molecule has 1 fully saturated rings. The van der Waals surface area contributed by atoms with Gasteiger partial charge in [0.2, 0.25) is 11.8 Å². The van der Waals surface area contributed by atoms with Crippen molar-refractivity contribution in [3.63, 3.8) is 0 Å². The SMILES string of the molecule is CNC(c1ncc(OC)nc1OC)C1CCC(C)CC1. The number of ether oxygens (including phenoxy) is 2. The van der Waals surface area contributed by atoms with E-state index in [0.29, 0.717) is 17.7 Å². The molecular formula is C15H25N3O2. The topological polar surface area (TPSA) is 56.3 Å². The average Bonchev–Trinajstić information content (AvgIpc) is 2.50. The van der Waals surface area contributed by atoms with Crippen LogP contribution < -0.4 is 14.8 Å². The molecule has 1 aromatic rings. The summed E-state index contributed by atoms with van der Waals surface area (Å²) < 4.78 is 10.5. The number of nitrogens with zero attached hydrogens (tertiary/aromatic N) is 2. The van der Waals surface area contributed by atoms with Gasteiger partial charge >= 0.3 is 0 Å². The highest BCUT2D eigenvalue weighted by molar-refractivity contribution is 5.26. The van der Waals surface area contributed by atoms with E-state index in [9.17, 15) is 0 Å². The summed E-state index contributed by atoms with van der Waals surface area (Å²) in [6.07, 6.45) is 6.68. The van der Waals surface area contributed by atoms with Crippen molar-refractivity contribution in [3.05, 3.63) is 11.9 Å². The lowest BCUT2D eigenvalue weighted by atomic mass is 9.78. The molecule has 1 heterocycles. The van der Waals surface area contributed by atoms with Crippen LogP contribution in [0, 0.1) is 11.8 Å². The molecule has 0 saturated heterocycles. The maximum atomic E-state index is 5.39. The molecular weight excluding hydrogens is 254 g/mol. The maximum absolute atomic E-state index is 5.39. The molecule has 20 heavy (non-hydrogen) atoms. The van der Waals surface area contributed by atoms with Gasteiger partial charge in [0, 0.05) is 0 Å². The third kappa shape index (κ3) is 3.20. The highest BCUT2D eigenvalue weighted by Crippen LogP contribution is 2.38. The predicted octanol–water partition coefficient (Wildman–Crippen LogP) is 2.58. The van der Waals surface area contributed by atoms with E-state index in [0.717, 1.165) is 11.6 Å². The fourth-order valence-corrected chi connectivity index (χ4v) is 3.04. The molecule has 0 aliphatic heterocycles. The Balaban J connectivity index is 2.22. The zero-order chi connectivity index (χ0) is 14.5. The lowest BCUT2D eigenvalue weighted by Crippen LogP contribution is -2.29. The van der Waals surface area contributed by atoms with Crippen molar-refractivity contribution in [1.29, 1.82) is 0 Å². The van der Waals surface area contributed by atoms with Gasteiger partial charge in [-0.1, -0.05) is 19.8 Å². The average molecular weight is 279 g/mol. The van der Waals surface area contributed by atoms with Crippen LogP contribution in [0.3, 0.4) is 0 Å². The Labute approximate surface area is 121 Å². The minimum atomic E-state index is 0.191. The van der Waals surface area contributed by atoms with Gasteiger partial charge in [0.05, 0.1) is 26.5 Å². The highest BCUT2D eigenvalue weighted by atomic mass is 16.5. The number of hydrogen-bond donors (Lipinski definition) is 1. The van der Waals surface area contributed by atoms with E-state index in [4.69, 9.17) is 9.47 Å². The van der Waals surface area contributed by atoms with Crippen LogP contribution >= 0.6 is 0 Å². The van der Waals surface area contributed by atoms with E-state index in [1.54, 1.807) is 20.4 Å². The van der Waals surface area contributed by atoms with Crippen LogP contribution in [0.4, 0.5) is 0 Å². The van der Waals surface area contributed by atoms with Crippen molar-refractivity contribution in [2.24, 2.45) is 11.8 Å². The number of hydrogen-bond acceptors (Lipinski definition) is 5. The van der Waals surface area contributed by atoms with Crippen LogP contribution in [0.2, 0.25) is 0 Å². The molecule has 0 spiro atoms. The van der Waals surface area contributed by atoms with E-state index in [-0.39, 0.29) is 6.04 Å². The first-order valence-electron chi connectivity index (χ1n) is 7.31. The lowest BCUT2D eigenvalue weighted by Gasteiger charge is -2.32. The summed E-state index contributed by atoms with van der Waals surface area (Å²) in [6, 6.07) is 0.191. The first kappa shape index (κ1) is 15.0. The molecule has 5 nitrogen and oxygen atoms in total. The minimum absolute atomic E-state index is 0.191. The first-order valence-corrected chi connectivity index (χ1v) is 7.31. The molecule has 0 bridgehead atoms. The Bertz CT molecular complexity index is 431. The number of nitrogens with one attached hydrogen (secondary N) is 1. The van der Waals surface area contributed by atoms with E-state index in [1.165, 1.54) is 25.7 Å². The second kappa shape index (κ2) is 6.88. The standard InChI is InChI=1S/C15H25N3O2/c1-10-5-7-11(8-6-10)13(16-2)14-15(20-4)18-12(19-3)9-17-14/h9-11,13,16H,5-8H2,1-4H3. The third-order valence-corrected chi connectivity index (χ3v) is 4.28.